The van der Waals surface area contributed by atoms with Crippen molar-refractivity contribution >= 4 is 17.3 Å². The Labute approximate surface area is 79.3 Å². The summed E-state index contributed by atoms with van der Waals surface area (Å²) in [5, 5.41) is 21.2. The van der Waals surface area contributed by atoms with Gasteiger partial charge in [-0.3, -0.25) is 14.9 Å². The number of carboxylic acid groups (broad SMARTS) is 1. The van der Waals surface area contributed by atoms with Crippen LogP contribution in [-0.2, 0) is 4.79 Å². The maximum absolute atomic E-state index is 10.3. The van der Waals surface area contributed by atoms with E-state index in [1.807, 2.05) is 0 Å². The van der Waals surface area contributed by atoms with Crippen molar-refractivity contribution in [3.63, 3.8) is 0 Å². The number of nitro groups is 1. The highest BCUT2D eigenvalue weighted by molar-refractivity contribution is 5.72. The second-order valence-corrected chi connectivity index (χ2v) is 2.55. The van der Waals surface area contributed by atoms with Crippen LogP contribution < -0.4 is 5.32 Å². The number of anilines is 1. The van der Waals surface area contributed by atoms with Crippen LogP contribution in [0.2, 0.25) is 0 Å². The van der Waals surface area contributed by atoms with Gasteiger partial charge in [0.15, 0.2) is 0 Å². The molecule has 0 spiro atoms. The molecule has 0 saturated heterocycles. The van der Waals surface area contributed by atoms with Crippen molar-refractivity contribution in [1.82, 2.24) is 0 Å². The number of carboxylic acids is 1. The van der Waals surface area contributed by atoms with Gasteiger partial charge in [-0.1, -0.05) is 0 Å². The van der Waals surface area contributed by atoms with Crippen molar-refractivity contribution < 1.29 is 14.8 Å². The lowest BCUT2D eigenvalue weighted by Crippen LogP contribution is -2.12. The lowest BCUT2D eigenvalue weighted by molar-refractivity contribution is -0.384. The molecule has 0 aliphatic carbocycles. The number of nitro benzene ring substituents is 1. The van der Waals surface area contributed by atoms with E-state index in [1.165, 1.54) is 24.3 Å². The van der Waals surface area contributed by atoms with Crippen LogP contribution in [0.25, 0.3) is 0 Å². The van der Waals surface area contributed by atoms with Crippen LogP contribution in [-0.4, -0.2) is 22.5 Å². The quantitative estimate of drug-likeness (QED) is 0.555. The Morgan fingerprint density at radius 3 is 2.43 bits per heavy atom. The van der Waals surface area contributed by atoms with Crippen molar-refractivity contribution in [3.05, 3.63) is 34.4 Å². The summed E-state index contributed by atoms with van der Waals surface area (Å²) < 4.78 is 0. The maximum Gasteiger partial charge on any atom is 0.322 e. The monoisotopic (exact) mass is 196 g/mol. The van der Waals surface area contributed by atoms with Gasteiger partial charge in [0.25, 0.3) is 5.69 Å². The summed E-state index contributed by atoms with van der Waals surface area (Å²) in [6, 6.07) is 5.54. The van der Waals surface area contributed by atoms with Gasteiger partial charge in [0.1, 0.15) is 6.54 Å². The van der Waals surface area contributed by atoms with Gasteiger partial charge < -0.3 is 10.4 Å². The Balaban J connectivity index is 2.64. The fourth-order valence-corrected chi connectivity index (χ4v) is 0.879. The van der Waals surface area contributed by atoms with Crippen LogP contribution in [0.4, 0.5) is 11.4 Å². The minimum Gasteiger partial charge on any atom is -0.480 e. The molecule has 1 aromatic carbocycles. The molecule has 0 fully saturated rings. The molecular weight excluding hydrogens is 188 g/mol. The third-order valence-electron chi connectivity index (χ3n) is 1.52. The summed E-state index contributed by atoms with van der Waals surface area (Å²) in [6.07, 6.45) is 0. The zero-order chi connectivity index (χ0) is 10.6. The number of aliphatic carboxylic acids is 1. The van der Waals surface area contributed by atoms with Crippen LogP contribution in [0.1, 0.15) is 0 Å². The van der Waals surface area contributed by atoms with Crippen LogP contribution in [0.3, 0.4) is 0 Å². The van der Waals surface area contributed by atoms with Crippen LogP contribution in [0.15, 0.2) is 24.3 Å². The zero-order valence-electron chi connectivity index (χ0n) is 7.14. The number of nitrogens with one attached hydrogen (secondary N) is 1. The maximum atomic E-state index is 10.3. The average Bonchev–Trinajstić information content (AvgIpc) is 2.15. The van der Waals surface area contributed by atoms with Crippen LogP contribution >= 0.6 is 0 Å². The number of nitrogens with zero attached hydrogens (tertiary/aromatic N) is 1. The Kier molecular flexibility index (Phi) is 3.01. The summed E-state index contributed by atoms with van der Waals surface area (Å²) in [5.74, 6) is -0.983. The van der Waals surface area contributed by atoms with Gasteiger partial charge in [-0.2, -0.15) is 0 Å². The van der Waals surface area contributed by atoms with E-state index in [9.17, 15) is 14.9 Å². The highest BCUT2D eigenvalue weighted by Gasteiger charge is 2.03. The van der Waals surface area contributed by atoms with Crippen LogP contribution in [0.5, 0.6) is 0 Å². The molecule has 0 bridgehead atoms. The minimum atomic E-state index is -0.983. The van der Waals surface area contributed by atoms with Gasteiger partial charge >= 0.3 is 5.97 Å². The number of hydrogen-bond acceptors (Lipinski definition) is 4. The van der Waals surface area contributed by atoms with E-state index in [0.717, 1.165) is 0 Å². The minimum absolute atomic E-state index is 0.0223. The molecule has 0 aliphatic rings. The third-order valence-corrected chi connectivity index (χ3v) is 1.52. The second-order valence-electron chi connectivity index (χ2n) is 2.55. The van der Waals surface area contributed by atoms with Gasteiger partial charge in [-0.05, 0) is 12.1 Å². The molecule has 6 nitrogen and oxygen atoms in total. The molecule has 0 amide bonds. The summed E-state index contributed by atoms with van der Waals surface area (Å²) in [7, 11) is 0. The molecule has 14 heavy (non-hydrogen) atoms. The Morgan fingerprint density at radius 2 is 2.00 bits per heavy atom. The van der Waals surface area contributed by atoms with E-state index in [2.05, 4.69) is 5.32 Å². The SMILES string of the molecule is O=C(O)CNc1ccc([N+](=O)[O-])cc1. The average molecular weight is 196 g/mol. The molecular formula is C8H8N2O4. The highest BCUT2D eigenvalue weighted by atomic mass is 16.6. The lowest BCUT2D eigenvalue weighted by Gasteiger charge is -2.01. The molecule has 74 valence electrons. The fourth-order valence-electron chi connectivity index (χ4n) is 0.879. The first kappa shape index (κ1) is 9.97. The zero-order valence-corrected chi connectivity index (χ0v) is 7.14. The molecule has 0 atom stereocenters. The normalized spacial score (nSPS) is 9.43. The molecule has 2 N–H and O–H groups in total. The van der Waals surface area contributed by atoms with E-state index in [4.69, 9.17) is 5.11 Å². The predicted molar refractivity (Wildman–Crippen MR) is 49.2 cm³/mol. The molecule has 0 aromatic heterocycles. The standard InChI is InChI=1S/C8H8N2O4/c11-8(12)5-9-6-1-3-7(4-2-6)10(13)14/h1-4,9H,5H2,(H,11,12). The van der Waals surface area contributed by atoms with E-state index in [-0.39, 0.29) is 12.2 Å². The smallest absolute Gasteiger partial charge is 0.322 e. The Morgan fingerprint density at radius 1 is 1.43 bits per heavy atom. The molecule has 1 rings (SSSR count). The highest BCUT2D eigenvalue weighted by Crippen LogP contribution is 2.14. The van der Waals surface area contributed by atoms with E-state index in [1.54, 1.807) is 0 Å². The molecule has 1 aromatic rings. The Hall–Kier alpha value is -2.11. The van der Waals surface area contributed by atoms with E-state index >= 15 is 0 Å². The fraction of sp³-hybridized carbons (Fsp3) is 0.125. The lowest BCUT2D eigenvalue weighted by atomic mass is 10.3. The first-order valence-electron chi connectivity index (χ1n) is 3.79. The van der Waals surface area contributed by atoms with E-state index in [0.29, 0.717) is 5.69 Å². The number of non-ortho nitro benzene ring substituents is 1. The van der Waals surface area contributed by atoms with Gasteiger partial charge in [0, 0.05) is 17.8 Å². The van der Waals surface area contributed by atoms with Gasteiger partial charge in [0.2, 0.25) is 0 Å². The van der Waals surface area contributed by atoms with Crippen molar-refractivity contribution in [2.24, 2.45) is 0 Å². The molecule has 0 radical (unpaired) electrons. The van der Waals surface area contributed by atoms with Crippen molar-refractivity contribution in [2.45, 2.75) is 0 Å². The summed E-state index contributed by atoms with van der Waals surface area (Å²) >= 11 is 0. The van der Waals surface area contributed by atoms with Gasteiger partial charge in [0.05, 0.1) is 4.92 Å². The molecule has 0 unspecified atom stereocenters. The number of carbonyl (C=O) groups is 1. The first-order chi connectivity index (χ1) is 6.59. The molecule has 0 aliphatic heterocycles. The third kappa shape index (κ3) is 2.74. The topological polar surface area (TPSA) is 92.5 Å². The Bertz CT molecular complexity index is 347. The van der Waals surface area contributed by atoms with Crippen molar-refractivity contribution in [3.8, 4) is 0 Å². The second kappa shape index (κ2) is 4.22. The largest absolute Gasteiger partial charge is 0.480 e. The predicted octanol–water partition coefficient (Wildman–Crippen LogP) is 1.09. The van der Waals surface area contributed by atoms with Crippen molar-refractivity contribution in [1.29, 1.82) is 0 Å². The van der Waals surface area contributed by atoms with Crippen molar-refractivity contribution in [2.75, 3.05) is 11.9 Å². The van der Waals surface area contributed by atoms with Crippen LogP contribution in [0, 0.1) is 10.1 Å². The van der Waals surface area contributed by atoms with Gasteiger partial charge in [-0.15, -0.1) is 0 Å². The molecule has 0 heterocycles. The molecule has 6 heteroatoms. The summed E-state index contributed by atoms with van der Waals surface area (Å²) in [6.45, 7) is -0.211. The number of hydrogen-bond donors (Lipinski definition) is 2. The number of rotatable bonds is 4. The summed E-state index contributed by atoms with van der Waals surface area (Å²) in [5.41, 5.74) is 0.517. The molecule has 0 saturated carbocycles. The first-order valence-corrected chi connectivity index (χ1v) is 3.79. The van der Waals surface area contributed by atoms with E-state index < -0.39 is 10.9 Å². The van der Waals surface area contributed by atoms with Gasteiger partial charge in [-0.25, -0.2) is 0 Å². The summed E-state index contributed by atoms with van der Waals surface area (Å²) in [4.78, 5) is 19.9. The number of benzene rings is 1.